The first-order valence-corrected chi connectivity index (χ1v) is 4.82. The van der Waals surface area contributed by atoms with E-state index in [9.17, 15) is 5.11 Å². The summed E-state index contributed by atoms with van der Waals surface area (Å²) in [6, 6.07) is 0. The Morgan fingerprint density at radius 1 is 1.43 bits per heavy atom. The Balaban J connectivity index is 2.13. The second-order valence-electron chi connectivity index (χ2n) is 4.15. The van der Waals surface area contributed by atoms with Crippen molar-refractivity contribution in [3.05, 3.63) is 12.7 Å². The minimum absolute atomic E-state index is 0.0251. The van der Waals surface area contributed by atoms with Crippen LogP contribution in [0.1, 0.15) is 13.8 Å². The molecule has 0 aromatic carbocycles. The van der Waals surface area contributed by atoms with Crippen molar-refractivity contribution in [1.29, 1.82) is 0 Å². The number of hydrogen-bond donors (Lipinski definition) is 1. The first kappa shape index (κ1) is 10.1. The van der Waals surface area contributed by atoms with Crippen LogP contribution < -0.4 is 0 Å². The van der Waals surface area contributed by atoms with Gasteiger partial charge in [0, 0.05) is 5.92 Å². The van der Waals surface area contributed by atoms with E-state index in [2.05, 4.69) is 6.58 Å². The summed E-state index contributed by atoms with van der Waals surface area (Å²) in [4.78, 5) is 0. The Bertz CT molecular complexity index is 238. The number of ether oxygens (including phenoxy) is 3. The molecule has 2 rings (SSSR count). The molecule has 0 bridgehead atoms. The van der Waals surface area contributed by atoms with Crippen molar-refractivity contribution >= 4 is 0 Å². The molecule has 2 aliphatic rings. The molecule has 0 aromatic rings. The van der Waals surface area contributed by atoms with Gasteiger partial charge < -0.3 is 19.3 Å². The lowest BCUT2D eigenvalue weighted by Gasteiger charge is -2.22. The van der Waals surface area contributed by atoms with Gasteiger partial charge in [0.05, 0.1) is 12.7 Å². The average molecular weight is 200 g/mol. The number of aliphatic hydroxyl groups excluding tert-OH is 1. The largest absolute Gasteiger partial charge is 0.396 e. The molecular weight excluding hydrogens is 184 g/mol. The molecule has 4 nitrogen and oxygen atoms in total. The number of rotatable bonds is 2. The highest BCUT2D eigenvalue weighted by Crippen LogP contribution is 2.40. The van der Waals surface area contributed by atoms with Gasteiger partial charge in [-0.25, -0.2) is 0 Å². The van der Waals surface area contributed by atoms with Crippen LogP contribution >= 0.6 is 0 Å². The Morgan fingerprint density at radius 3 is 2.71 bits per heavy atom. The van der Waals surface area contributed by atoms with Crippen LogP contribution in [0.4, 0.5) is 0 Å². The zero-order valence-corrected chi connectivity index (χ0v) is 8.47. The van der Waals surface area contributed by atoms with Gasteiger partial charge in [0.25, 0.3) is 0 Å². The molecule has 0 aliphatic carbocycles. The molecule has 0 amide bonds. The van der Waals surface area contributed by atoms with Gasteiger partial charge in [0.2, 0.25) is 0 Å². The number of aliphatic hydroxyl groups is 1. The van der Waals surface area contributed by atoms with E-state index in [1.54, 1.807) is 6.08 Å². The molecule has 2 fully saturated rings. The van der Waals surface area contributed by atoms with Gasteiger partial charge >= 0.3 is 0 Å². The standard InChI is InChI=1S/C10H16O4/c1-4-7-6(5-11)8-9(12-7)14-10(2,3)13-8/h4,6-9,11H,1,5H2,2-3H3/t6-,7-,8-,9-/m1/s1. The lowest BCUT2D eigenvalue weighted by molar-refractivity contribution is -0.205. The summed E-state index contributed by atoms with van der Waals surface area (Å²) in [6.45, 7) is 7.36. The van der Waals surface area contributed by atoms with Crippen molar-refractivity contribution in [2.75, 3.05) is 6.61 Å². The predicted octanol–water partition coefficient (Wildman–Crippen LogP) is 0.657. The van der Waals surface area contributed by atoms with Crippen molar-refractivity contribution in [2.24, 2.45) is 5.92 Å². The molecule has 0 aromatic heterocycles. The maximum absolute atomic E-state index is 9.22. The molecule has 2 saturated heterocycles. The van der Waals surface area contributed by atoms with Crippen LogP contribution in [0.3, 0.4) is 0 Å². The second-order valence-corrected chi connectivity index (χ2v) is 4.15. The van der Waals surface area contributed by atoms with E-state index in [-0.39, 0.29) is 31.0 Å². The molecule has 4 heteroatoms. The van der Waals surface area contributed by atoms with E-state index in [1.807, 2.05) is 13.8 Å². The monoisotopic (exact) mass is 200 g/mol. The van der Waals surface area contributed by atoms with Gasteiger partial charge in [-0.15, -0.1) is 6.58 Å². The summed E-state index contributed by atoms with van der Waals surface area (Å²) < 4.78 is 16.7. The van der Waals surface area contributed by atoms with Crippen molar-refractivity contribution in [1.82, 2.24) is 0 Å². The van der Waals surface area contributed by atoms with E-state index >= 15 is 0 Å². The lowest BCUT2D eigenvalue weighted by atomic mass is 10.00. The number of fused-ring (bicyclic) bond motifs is 1. The first-order chi connectivity index (χ1) is 6.57. The van der Waals surface area contributed by atoms with Gasteiger partial charge in [-0.2, -0.15) is 0 Å². The highest BCUT2D eigenvalue weighted by atomic mass is 16.8. The van der Waals surface area contributed by atoms with Crippen molar-refractivity contribution in [2.45, 2.75) is 38.1 Å². The smallest absolute Gasteiger partial charge is 0.188 e. The third kappa shape index (κ3) is 1.48. The molecule has 0 unspecified atom stereocenters. The average Bonchev–Trinajstić information content (AvgIpc) is 2.55. The summed E-state index contributed by atoms with van der Waals surface area (Å²) in [5.41, 5.74) is 0. The van der Waals surface area contributed by atoms with Gasteiger partial charge in [0.1, 0.15) is 6.10 Å². The van der Waals surface area contributed by atoms with E-state index in [0.717, 1.165) is 0 Å². The number of hydrogen-bond acceptors (Lipinski definition) is 4. The summed E-state index contributed by atoms with van der Waals surface area (Å²) in [6.07, 6.45) is 0.952. The normalized spacial score (nSPS) is 45.1. The van der Waals surface area contributed by atoms with E-state index in [0.29, 0.717) is 0 Å². The molecule has 4 atom stereocenters. The van der Waals surface area contributed by atoms with E-state index < -0.39 is 5.79 Å². The van der Waals surface area contributed by atoms with Crippen LogP contribution in [0, 0.1) is 5.92 Å². The Kier molecular flexibility index (Phi) is 2.39. The van der Waals surface area contributed by atoms with Crippen molar-refractivity contribution < 1.29 is 19.3 Å². The Labute approximate surface area is 83.5 Å². The van der Waals surface area contributed by atoms with Crippen LogP contribution in [-0.2, 0) is 14.2 Å². The fraction of sp³-hybridized carbons (Fsp3) is 0.800. The fourth-order valence-corrected chi connectivity index (χ4v) is 2.03. The molecule has 2 heterocycles. The maximum Gasteiger partial charge on any atom is 0.188 e. The van der Waals surface area contributed by atoms with Gasteiger partial charge in [0.15, 0.2) is 12.1 Å². The minimum atomic E-state index is -0.616. The summed E-state index contributed by atoms with van der Waals surface area (Å²) >= 11 is 0. The molecule has 1 N–H and O–H groups in total. The second kappa shape index (κ2) is 3.31. The summed E-state index contributed by atoms with van der Waals surface area (Å²) in [5.74, 6) is -0.686. The summed E-state index contributed by atoms with van der Waals surface area (Å²) in [7, 11) is 0. The molecule has 0 saturated carbocycles. The molecule has 0 spiro atoms. The van der Waals surface area contributed by atoms with Crippen LogP contribution in [0.5, 0.6) is 0 Å². The molecule has 14 heavy (non-hydrogen) atoms. The summed E-state index contributed by atoms with van der Waals surface area (Å²) in [5, 5.41) is 9.22. The van der Waals surface area contributed by atoms with Crippen molar-refractivity contribution in [3.8, 4) is 0 Å². The molecular formula is C10H16O4. The van der Waals surface area contributed by atoms with Gasteiger partial charge in [-0.3, -0.25) is 0 Å². The van der Waals surface area contributed by atoms with Crippen molar-refractivity contribution in [3.63, 3.8) is 0 Å². The lowest BCUT2D eigenvalue weighted by Crippen LogP contribution is -2.31. The fourth-order valence-electron chi connectivity index (χ4n) is 2.03. The molecule has 0 radical (unpaired) electrons. The highest BCUT2D eigenvalue weighted by molar-refractivity contribution is 4.99. The third-order valence-corrected chi connectivity index (χ3v) is 2.67. The molecule has 2 aliphatic heterocycles. The zero-order chi connectivity index (χ0) is 10.3. The van der Waals surface area contributed by atoms with Gasteiger partial charge in [-0.1, -0.05) is 6.08 Å². The van der Waals surface area contributed by atoms with E-state index in [4.69, 9.17) is 14.2 Å². The quantitative estimate of drug-likeness (QED) is 0.665. The van der Waals surface area contributed by atoms with Crippen LogP contribution in [0.25, 0.3) is 0 Å². The SMILES string of the molecule is C=C[C@H]1O[C@@H]2OC(C)(C)O[C@@H]2[C@@H]1CO. The topological polar surface area (TPSA) is 47.9 Å². The third-order valence-electron chi connectivity index (χ3n) is 2.67. The molecule has 80 valence electrons. The highest BCUT2D eigenvalue weighted by Gasteiger charge is 2.53. The van der Waals surface area contributed by atoms with Crippen LogP contribution in [0.15, 0.2) is 12.7 Å². The van der Waals surface area contributed by atoms with Crippen LogP contribution in [-0.4, -0.2) is 36.0 Å². The first-order valence-electron chi connectivity index (χ1n) is 4.82. The minimum Gasteiger partial charge on any atom is -0.396 e. The Hall–Kier alpha value is -0.420. The van der Waals surface area contributed by atoms with E-state index in [1.165, 1.54) is 0 Å². The maximum atomic E-state index is 9.22. The Morgan fingerprint density at radius 2 is 2.14 bits per heavy atom. The van der Waals surface area contributed by atoms with Crippen LogP contribution in [0.2, 0.25) is 0 Å². The predicted molar refractivity (Wildman–Crippen MR) is 49.5 cm³/mol. The zero-order valence-electron chi connectivity index (χ0n) is 8.47. The van der Waals surface area contributed by atoms with Gasteiger partial charge in [-0.05, 0) is 13.8 Å².